The first-order chi connectivity index (χ1) is 14.9. The Bertz CT molecular complexity index is 1110. The fraction of sp³-hybridized carbons (Fsp3) is 0.167. The standard InChI is InChI=1S/C24H21ClN2O4/c1-15-24(29)27(14-16-3-7-18(25)8-4-16)21-13-19(9-12-22(21)31-15)26-23(28)17-5-10-20(30-2)11-6-17/h3-13,15H,14H2,1-2H3,(H,26,28). The van der Waals surface area contributed by atoms with Crippen LogP contribution in [0.25, 0.3) is 0 Å². The third-order valence-electron chi connectivity index (χ3n) is 5.03. The highest BCUT2D eigenvalue weighted by Crippen LogP contribution is 2.37. The van der Waals surface area contributed by atoms with Gasteiger partial charge in [-0.2, -0.15) is 0 Å². The van der Waals surface area contributed by atoms with Gasteiger partial charge in [-0.1, -0.05) is 23.7 Å². The minimum atomic E-state index is -0.598. The van der Waals surface area contributed by atoms with Crippen molar-refractivity contribution in [1.29, 1.82) is 0 Å². The zero-order chi connectivity index (χ0) is 22.0. The van der Waals surface area contributed by atoms with Gasteiger partial charge >= 0.3 is 0 Å². The number of anilines is 2. The van der Waals surface area contributed by atoms with Gasteiger partial charge in [0.05, 0.1) is 19.3 Å². The first kappa shape index (κ1) is 20.8. The number of methoxy groups -OCH3 is 1. The number of benzene rings is 3. The second-order valence-electron chi connectivity index (χ2n) is 7.18. The summed E-state index contributed by atoms with van der Waals surface area (Å²) in [4.78, 5) is 27.1. The summed E-state index contributed by atoms with van der Waals surface area (Å²) in [6.45, 7) is 2.09. The number of hydrogen-bond donors (Lipinski definition) is 1. The summed E-state index contributed by atoms with van der Waals surface area (Å²) in [6, 6.07) is 19.4. The lowest BCUT2D eigenvalue weighted by atomic mass is 10.1. The van der Waals surface area contributed by atoms with Gasteiger partial charge in [0, 0.05) is 16.3 Å². The molecule has 6 nitrogen and oxygen atoms in total. The number of nitrogens with one attached hydrogen (secondary N) is 1. The summed E-state index contributed by atoms with van der Waals surface area (Å²) in [7, 11) is 1.57. The molecule has 1 atom stereocenters. The van der Waals surface area contributed by atoms with Gasteiger partial charge < -0.3 is 19.7 Å². The van der Waals surface area contributed by atoms with Crippen molar-refractivity contribution in [2.24, 2.45) is 0 Å². The highest BCUT2D eigenvalue weighted by molar-refractivity contribution is 6.30. The molecule has 0 saturated carbocycles. The lowest BCUT2D eigenvalue weighted by Crippen LogP contribution is -2.44. The van der Waals surface area contributed by atoms with E-state index in [2.05, 4.69) is 5.32 Å². The summed E-state index contributed by atoms with van der Waals surface area (Å²) in [5.74, 6) is 0.848. The topological polar surface area (TPSA) is 67.9 Å². The molecular weight excluding hydrogens is 416 g/mol. The van der Waals surface area contributed by atoms with Gasteiger partial charge in [-0.05, 0) is 67.1 Å². The Labute approximate surface area is 185 Å². The smallest absolute Gasteiger partial charge is 0.268 e. The molecule has 0 aliphatic carbocycles. The first-order valence-corrected chi connectivity index (χ1v) is 10.1. The van der Waals surface area contributed by atoms with E-state index in [1.807, 2.05) is 12.1 Å². The number of carbonyl (C=O) groups excluding carboxylic acids is 2. The molecule has 0 bridgehead atoms. The van der Waals surface area contributed by atoms with E-state index in [1.54, 1.807) is 73.5 Å². The van der Waals surface area contributed by atoms with Crippen LogP contribution >= 0.6 is 11.6 Å². The van der Waals surface area contributed by atoms with E-state index < -0.39 is 6.10 Å². The average molecular weight is 437 g/mol. The van der Waals surface area contributed by atoms with Crippen molar-refractivity contribution in [3.05, 3.63) is 82.9 Å². The third kappa shape index (κ3) is 4.49. The number of ether oxygens (including phenoxy) is 2. The Morgan fingerprint density at radius 3 is 2.48 bits per heavy atom. The van der Waals surface area contributed by atoms with Crippen LogP contribution in [0.4, 0.5) is 11.4 Å². The van der Waals surface area contributed by atoms with E-state index in [0.29, 0.717) is 40.0 Å². The van der Waals surface area contributed by atoms with E-state index in [1.165, 1.54) is 0 Å². The third-order valence-corrected chi connectivity index (χ3v) is 5.28. The predicted octanol–water partition coefficient (Wildman–Crippen LogP) is 4.92. The fourth-order valence-corrected chi connectivity index (χ4v) is 3.49. The van der Waals surface area contributed by atoms with Crippen LogP contribution in [0.5, 0.6) is 11.5 Å². The summed E-state index contributed by atoms with van der Waals surface area (Å²) < 4.78 is 10.9. The molecule has 1 aliphatic rings. The molecular formula is C24H21ClN2O4. The Balaban J connectivity index is 1.60. The van der Waals surface area contributed by atoms with Crippen LogP contribution in [0.15, 0.2) is 66.7 Å². The summed E-state index contributed by atoms with van der Waals surface area (Å²) in [5.41, 5.74) is 2.60. The minimum absolute atomic E-state index is 0.152. The predicted molar refractivity (Wildman–Crippen MR) is 120 cm³/mol. The van der Waals surface area contributed by atoms with E-state index in [9.17, 15) is 9.59 Å². The van der Waals surface area contributed by atoms with Crippen molar-refractivity contribution in [3.63, 3.8) is 0 Å². The minimum Gasteiger partial charge on any atom is -0.497 e. The fourth-order valence-electron chi connectivity index (χ4n) is 3.37. The molecule has 0 fully saturated rings. The molecule has 7 heteroatoms. The average Bonchev–Trinajstić information content (AvgIpc) is 2.78. The number of halogens is 1. The van der Waals surface area contributed by atoms with Crippen LogP contribution < -0.4 is 19.7 Å². The molecule has 1 heterocycles. The normalized spacial score (nSPS) is 15.1. The molecule has 0 spiro atoms. The summed E-state index contributed by atoms with van der Waals surface area (Å²) >= 11 is 5.98. The number of rotatable bonds is 5. The second-order valence-corrected chi connectivity index (χ2v) is 7.61. The van der Waals surface area contributed by atoms with Crippen molar-refractivity contribution < 1.29 is 19.1 Å². The number of hydrogen-bond acceptors (Lipinski definition) is 4. The number of fused-ring (bicyclic) bond motifs is 1. The molecule has 1 N–H and O–H groups in total. The van der Waals surface area contributed by atoms with E-state index in [-0.39, 0.29) is 11.8 Å². The zero-order valence-corrected chi connectivity index (χ0v) is 17.8. The van der Waals surface area contributed by atoms with Gasteiger partial charge in [-0.3, -0.25) is 9.59 Å². The SMILES string of the molecule is COc1ccc(C(=O)Nc2ccc3c(c2)N(Cc2ccc(Cl)cc2)C(=O)C(C)O3)cc1. The highest BCUT2D eigenvalue weighted by Gasteiger charge is 2.31. The van der Waals surface area contributed by atoms with Crippen LogP contribution in [0.3, 0.4) is 0 Å². The van der Waals surface area contributed by atoms with Crippen LogP contribution in [0, 0.1) is 0 Å². The van der Waals surface area contributed by atoms with Gasteiger partial charge in [0.2, 0.25) is 0 Å². The Kier molecular flexibility index (Phi) is 5.82. The van der Waals surface area contributed by atoms with Crippen LogP contribution in [0.1, 0.15) is 22.8 Å². The summed E-state index contributed by atoms with van der Waals surface area (Å²) in [6.07, 6.45) is -0.598. The Hall–Kier alpha value is -3.51. The van der Waals surface area contributed by atoms with Gasteiger partial charge in [-0.15, -0.1) is 0 Å². The second kappa shape index (κ2) is 8.70. The molecule has 0 aromatic heterocycles. The molecule has 2 amide bonds. The molecule has 4 rings (SSSR count). The number of amides is 2. The van der Waals surface area contributed by atoms with Crippen molar-refractivity contribution >= 4 is 34.8 Å². The maximum absolute atomic E-state index is 12.9. The van der Waals surface area contributed by atoms with Crippen LogP contribution in [0.2, 0.25) is 5.02 Å². The maximum atomic E-state index is 12.9. The molecule has 3 aromatic carbocycles. The van der Waals surface area contributed by atoms with Gasteiger partial charge in [0.1, 0.15) is 11.5 Å². The molecule has 3 aromatic rings. The Morgan fingerprint density at radius 2 is 1.81 bits per heavy atom. The van der Waals surface area contributed by atoms with Gasteiger partial charge in [0.15, 0.2) is 6.10 Å². The van der Waals surface area contributed by atoms with E-state index >= 15 is 0 Å². The summed E-state index contributed by atoms with van der Waals surface area (Å²) in [5, 5.41) is 3.51. The molecule has 0 saturated heterocycles. The largest absolute Gasteiger partial charge is 0.497 e. The quantitative estimate of drug-likeness (QED) is 0.616. The molecule has 1 aliphatic heterocycles. The van der Waals surface area contributed by atoms with Crippen LogP contribution in [-0.4, -0.2) is 25.0 Å². The Morgan fingerprint density at radius 1 is 1.10 bits per heavy atom. The monoisotopic (exact) mass is 436 g/mol. The first-order valence-electron chi connectivity index (χ1n) is 9.76. The molecule has 1 unspecified atom stereocenters. The van der Waals surface area contributed by atoms with Crippen molar-refractivity contribution in [3.8, 4) is 11.5 Å². The van der Waals surface area contributed by atoms with Crippen molar-refractivity contribution in [2.45, 2.75) is 19.6 Å². The maximum Gasteiger partial charge on any atom is 0.268 e. The van der Waals surface area contributed by atoms with E-state index in [4.69, 9.17) is 21.1 Å². The lowest BCUT2D eigenvalue weighted by molar-refractivity contribution is -0.125. The van der Waals surface area contributed by atoms with Gasteiger partial charge in [0.25, 0.3) is 11.8 Å². The molecule has 158 valence electrons. The number of carbonyl (C=O) groups is 2. The zero-order valence-electron chi connectivity index (χ0n) is 17.1. The van der Waals surface area contributed by atoms with Crippen LogP contribution in [-0.2, 0) is 11.3 Å². The van der Waals surface area contributed by atoms with Gasteiger partial charge in [-0.25, -0.2) is 0 Å². The van der Waals surface area contributed by atoms with E-state index in [0.717, 1.165) is 5.56 Å². The molecule has 31 heavy (non-hydrogen) atoms. The highest BCUT2D eigenvalue weighted by atomic mass is 35.5. The van der Waals surface area contributed by atoms with Crippen molar-refractivity contribution in [2.75, 3.05) is 17.3 Å². The number of nitrogens with zero attached hydrogens (tertiary/aromatic N) is 1. The molecule has 0 radical (unpaired) electrons. The lowest BCUT2D eigenvalue weighted by Gasteiger charge is -2.33. The van der Waals surface area contributed by atoms with Crippen molar-refractivity contribution in [1.82, 2.24) is 0 Å².